The van der Waals surface area contributed by atoms with Gasteiger partial charge in [-0.25, -0.2) is 4.68 Å². The molecule has 2 aromatic carbocycles. The molecule has 1 aliphatic rings. The molecule has 2 aromatic heterocycles. The van der Waals surface area contributed by atoms with Crippen LogP contribution in [0.4, 0.5) is 5.82 Å². The van der Waals surface area contributed by atoms with Gasteiger partial charge in [0.05, 0.1) is 28.4 Å². The lowest BCUT2D eigenvalue weighted by Crippen LogP contribution is -2.43. The number of aromatic nitrogens is 4. The Morgan fingerprint density at radius 3 is 2.62 bits per heavy atom. The minimum atomic E-state index is -0.114. The Bertz CT molecular complexity index is 1320. The Morgan fingerprint density at radius 1 is 1.09 bits per heavy atom. The fraction of sp³-hybridized carbons (Fsp3) is 0.308. The van der Waals surface area contributed by atoms with Crippen LogP contribution in [0.25, 0.3) is 16.6 Å². The summed E-state index contributed by atoms with van der Waals surface area (Å²) in [5.74, 6) is 0.687. The van der Waals surface area contributed by atoms with Crippen LogP contribution in [0.2, 0.25) is 5.02 Å². The number of hydrogen-bond donors (Lipinski definition) is 1. The Morgan fingerprint density at radius 2 is 1.85 bits per heavy atom. The number of aryl methyl sites for hydroxylation is 2. The monoisotopic (exact) mass is 474 g/mol. The molecule has 0 radical (unpaired) electrons. The van der Waals surface area contributed by atoms with Gasteiger partial charge in [0.1, 0.15) is 5.52 Å². The highest BCUT2D eigenvalue weighted by molar-refractivity contribution is 6.30. The molecule has 3 heterocycles. The molecule has 0 spiro atoms. The van der Waals surface area contributed by atoms with Gasteiger partial charge in [0.25, 0.3) is 0 Å². The number of nitrogens with one attached hydrogen (secondary N) is 1. The Kier molecular flexibility index (Phi) is 6.20. The van der Waals surface area contributed by atoms with E-state index < -0.39 is 0 Å². The second kappa shape index (κ2) is 9.43. The first-order valence-corrected chi connectivity index (χ1v) is 11.9. The minimum Gasteiger partial charge on any atom is -0.352 e. The van der Waals surface area contributed by atoms with Gasteiger partial charge in [0.15, 0.2) is 5.82 Å². The molecule has 174 valence electrons. The first kappa shape index (κ1) is 22.3. The molecule has 1 unspecified atom stereocenters. The highest BCUT2D eigenvalue weighted by Crippen LogP contribution is 2.31. The molecular formula is C26H27ClN6O. The van der Waals surface area contributed by atoms with Crippen molar-refractivity contribution in [1.29, 1.82) is 0 Å². The number of halogens is 1. The van der Waals surface area contributed by atoms with Crippen molar-refractivity contribution >= 4 is 34.2 Å². The number of carbonyl (C=O) groups excluding carboxylic acids is 1. The summed E-state index contributed by atoms with van der Waals surface area (Å²) in [4.78, 5) is 15.1. The number of nitrogens with zero attached hydrogens (tertiary/aromatic N) is 5. The van der Waals surface area contributed by atoms with Crippen LogP contribution >= 0.6 is 11.6 Å². The van der Waals surface area contributed by atoms with E-state index in [1.165, 1.54) is 0 Å². The van der Waals surface area contributed by atoms with Gasteiger partial charge in [-0.1, -0.05) is 41.9 Å². The molecule has 1 fully saturated rings. The molecule has 1 amide bonds. The summed E-state index contributed by atoms with van der Waals surface area (Å²) in [7, 11) is 0. The smallest absolute Gasteiger partial charge is 0.225 e. The van der Waals surface area contributed by atoms with Gasteiger partial charge in [-0.15, -0.1) is 5.10 Å². The number of benzene rings is 2. The fourth-order valence-corrected chi connectivity index (χ4v) is 4.79. The molecule has 1 N–H and O–H groups in total. The molecule has 5 rings (SSSR count). The Balaban J connectivity index is 1.38. The van der Waals surface area contributed by atoms with Crippen LogP contribution in [-0.2, 0) is 11.3 Å². The van der Waals surface area contributed by atoms with Gasteiger partial charge < -0.3 is 10.2 Å². The zero-order valence-corrected chi connectivity index (χ0v) is 20.1. The van der Waals surface area contributed by atoms with Gasteiger partial charge in [0.2, 0.25) is 5.91 Å². The van der Waals surface area contributed by atoms with Crippen molar-refractivity contribution in [2.24, 2.45) is 5.92 Å². The standard InChI is InChI=1S/C26H27ClN6O/c1-17-23-18(2)33(22-8-4-3-5-9-22)31-24(23)25(30-29-17)32-14-6-7-20(16-32)26(34)28-15-19-10-12-21(27)13-11-19/h3-5,8-13,20H,6-7,14-16H2,1-2H3,(H,28,34). The zero-order chi connectivity index (χ0) is 23.7. The van der Waals surface area contributed by atoms with E-state index in [4.69, 9.17) is 16.7 Å². The van der Waals surface area contributed by atoms with Crippen LogP contribution in [0.5, 0.6) is 0 Å². The quantitative estimate of drug-likeness (QED) is 0.456. The van der Waals surface area contributed by atoms with Gasteiger partial charge in [0, 0.05) is 24.7 Å². The third-order valence-corrected chi connectivity index (χ3v) is 6.71. The number of fused-ring (bicyclic) bond motifs is 1. The van der Waals surface area contributed by atoms with Crippen molar-refractivity contribution in [3.05, 3.63) is 76.6 Å². The number of amides is 1. The van der Waals surface area contributed by atoms with Gasteiger partial charge in [-0.3, -0.25) is 4.79 Å². The van der Waals surface area contributed by atoms with Crippen molar-refractivity contribution in [3.8, 4) is 5.69 Å². The average Bonchev–Trinajstić information content (AvgIpc) is 3.22. The normalized spacial score (nSPS) is 16.1. The Hall–Kier alpha value is -3.45. The van der Waals surface area contributed by atoms with E-state index in [0.29, 0.717) is 18.1 Å². The summed E-state index contributed by atoms with van der Waals surface area (Å²) in [6.07, 6.45) is 1.76. The SMILES string of the molecule is Cc1nnc(N2CCCC(C(=O)NCc3ccc(Cl)cc3)C2)c2nn(-c3ccccc3)c(C)c12. The molecule has 0 aliphatic carbocycles. The molecule has 7 nitrogen and oxygen atoms in total. The van der Waals surface area contributed by atoms with Crippen LogP contribution in [0.15, 0.2) is 54.6 Å². The lowest BCUT2D eigenvalue weighted by molar-refractivity contribution is -0.125. The lowest BCUT2D eigenvalue weighted by Gasteiger charge is -2.32. The van der Waals surface area contributed by atoms with Gasteiger partial charge in [-0.2, -0.15) is 10.2 Å². The second-order valence-electron chi connectivity index (χ2n) is 8.79. The number of carbonyl (C=O) groups is 1. The summed E-state index contributed by atoms with van der Waals surface area (Å²) >= 11 is 5.96. The third-order valence-electron chi connectivity index (χ3n) is 6.46. The predicted octanol–water partition coefficient (Wildman–Crippen LogP) is 4.62. The van der Waals surface area contributed by atoms with Crippen LogP contribution in [-0.4, -0.2) is 39.0 Å². The maximum absolute atomic E-state index is 13.0. The maximum Gasteiger partial charge on any atom is 0.225 e. The summed E-state index contributed by atoms with van der Waals surface area (Å²) in [6.45, 7) is 5.93. The van der Waals surface area contributed by atoms with E-state index in [0.717, 1.165) is 58.7 Å². The van der Waals surface area contributed by atoms with E-state index in [2.05, 4.69) is 27.3 Å². The van der Waals surface area contributed by atoms with Crippen molar-refractivity contribution in [3.63, 3.8) is 0 Å². The molecule has 8 heteroatoms. The summed E-state index contributed by atoms with van der Waals surface area (Å²) < 4.78 is 1.95. The van der Waals surface area contributed by atoms with E-state index >= 15 is 0 Å². The maximum atomic E-state index is 13.0. The average molecular weight is 475 g/mol. The number of piperidine rings is 1. The molecule has 0 saturated carbocycles. The predicted molar refractivity (Wildman–Crippen MR) is 134 cm³/mol. The molecule has 34 heavy (non-hydrogen) atoms. The number of hydrogen-bond acceptors (Lipinski definition) is 5. The van der Waals surface area contributed by atoms with Gasteiger partial charge >= 0.3 is 0 Å². The first-order chi connectivity index (χ1) is 16.5. The van der Waals surface area contributed by atoms with E-state index in [9.17, 15) is 4.79 Å². The highest BCUT2D eigenvalue weighted by Gasteiger charge is 2.29. The topological polar surface area (TPSA) is 75.9 Å². The number of para-hydroxylation sites is 1. The Labute approximate surface area is 203 Å². The molecule has 1 atom stereocenters. The summed E-state index contributed by atoms with van der Waals surface area (Å²) in [6, 6.07) is 17.6. The van der Waals surface area contributed by atoms with Crippen molar-refractivity contribution in [2.75, 3.05) is 18.0 Å². The molecule has 0 bridgehead atoms. The van der Waals surface area contributed by atoms with E-state index in [-0.39, 0.29) is 11.8 Å². The van der Waals surface area contributed by atoms with Crippen LogP contribution in [0.1, 0.15) is 29.8 Å². The number of rotatable bonds is 5. The third kappa shape index (κ3) is 4.35. The van der Waals surface area contributed by atoms with Crippen LogP contribution in [0, 0.1) is 19.8 Å². The summed E-state index contributed by atoms with van der Waals surface area (Å²) in [5.41, 5.74) is 4.74. The summed E-state index contributed by atoms with van der Waals surface area (Å²) in [5, 5.41) is 18.7. The van der Waals surface area contributed by atoms with E-state index in [1.54, 1.807) is 0 Å². The van der Waals surface area contributed by atoms with Crippen molar-refractivity contribution in [2.45, 2.75) is 33.2 Å². The zero-order valence-electron chi connectivity index (χ0n) is 19.3. The van der Waals surface area contributed by atoms with E-state index in [1.807, 2.05) is 66.2 Å². The molecular weight excluding hydrogens is 448 g/mol. The molecule has 4 aromatic rings. The number of anilines is 1. The highest BCUT2D eigenvalue weighted by atomic mass is 35.5. The second-order valence-corrected chi connectivity index (χ2v) is 9.23. The van der Waals surface area contributed by atoms with Crippen molar-refractivity contribution < 1.29 is 4.79 Å². The van der Waals surface area contributed by atoms with Gasteiger partial charge in [-0.05, 0) is 56.5 Å². The minimum absolute atomic E-state index is 0.0574. The molecule has 1 saturated heterocycles. The van der Waals surface area contributed by atoms with Crippen LogP contribution < -0.4 is 10.2 Å². The lowest BCUT2D eigenvalue weighted by atomic mass is 9.97. The molecule has 1 aliphatic heterocycles. The largest absolute Gasteiger partial charge is 0.352 e. The van der Waals surface area contributed by atoms with Crippen LogP contribution in [0.3, 0.4) is 0 Å². The van der Waals surface area contributed by atoms with Crippen molar-refractivity contribution in [1.82, 2.24) is 25.3 Å². The first-order valence-electron chi connectivity index (χ1n) is 11.6. The fourth-order valence-electron chi connectivity index (χ4n) is 4.66.